The summed E-state index contributed by atoms with van der Waals surface area (Å²) in [5.41, 5.74) is 7.59. The highest BCUT2D eigenvalue weighted by Gasteiger charge is 2.47. The number of hydrogen-bond acceptors (Lipinski definition) is 7. The molecule has 6 rings (SSSR count). The van der Waals surface area contributed by atoms with Gasteiger partial charge in [-0.25, -0.2) is 9.37 Å². The minimum Gasteiger partial charge on any atom is -0.477 e. The Balaban J connectivity index is 1.32. The minimum absolute atomic E-state index is 0.0659. The highest BCUT2D eigenvalue weighted by molar-refractivity contribution is 5.78. The molecule has 0 aromatic carbocycles. The van der Waals surface area contributed by atoms with Gasteiger partial charge in [-0.2, -0.15) is 0 Å². The molecule has 2 bridgehead atoms. The van der Waals surface area contributed by atoms with Gasteiger partial charge in [-0.3, -0.25) is 4.98 Å². The molecular formula is C23H30FN3O4. The number of aliphatic hydroxyl groups excluding tert-OH is 2. The third kappa shape index (κ3) is 4.14. The van der Waals surface area contributed by atoms with Crippen LogP contribution >= 0.6 is 0 Å². The number of pyridine rings is 2. The van der Waals surface area contributed by atoms with Crippen molar-refractivity contribution >= 4 is 11.0 Å². The molecule has 31 heavy (non-hydrogen) atoms. The summed E-state index contributed by atoms with van der Waals surface area (Å²) >= 11 is 0. The maximum Gasteiger partial charge on any atom is 0.213 e. The first-order valence-electron chi connectivity index (χ1n) is 11.2. The monoisotopic (exact) mass is 431 g/mol. The molecule has 0 radical (unpaired) electrons. The first-order chi connectivity index (χ1) is 14.8. The standard InChI is InChI=1S/C23H30FN3O4/c24-16-11-26-17-1-2-20(30-12-14-9-18(28)19(29)10-14)27-21(17)15(16)3-4-23-7-5-22(25,6-8-23)13-31-23/h1-2,11,14,18-19,28-29H,3-10,12-13,25H2/t14-,18-,19+,22?,23?. The lowest BCUT2D eigenvalue weighted by atomic mass is 9.70. The average Bonchev–Trinajstić information content (AvgIpc) is 3.10. The molecule has 2 aliphatic heterocycles. The zero-order chi connectivity index (χ0) is 21.6. The number of rotatable bonds is 6. The number of ether oxygens (including phenoxy) is 2. The predicted molar refractivity (Wildman–Crippen MR) is 112 cm³/mol. The van der Waals surface area contributed by atoms with E-state index < -0.39 is 12.2 Å². The lowest BCUT2D eigenvalue weighted by molar-refractivity contribution is -0.156. The van der Waals surface area contributed by atoms with Crippen molar-refractivity contribution in [2.45, 2.75) is 74.7 Å². The number of fused-ring (bicyclic) bond motifs is 4. The molecule has 4 heterocycles. The summed E-state index contributed by atoms with van der Waals surface area (Å²) in [6, 6.07) is 3.52. The van der Waals surface area contributed by atoms with Gasteiger partial charge < -0.3 is 25.4 Å². The van der Waals surface area contributed by atoms with Gasteiger partial charge in [-0.15, -0.1) is 0 Å². The van der Waals surface area contributed by atoms with Crippen LogP contribution in [0.2, 0.25) is 0 Å². The molecule has 2 saturated carbocycles. The van der Waals surface area contributed by atoms with E-state index in [2.05, 4.69) is 9.97 Å². The van der Waals surface area contributed by atoms with E-state index in [9.17, 15) is 14.6 Å². The number of halogens is 1. The van der Waals surface area contributed by atoms with Crippen LogP contribution in [0.5, 0.6) is 5.88 Å². The van der Waals surface area contributed by atoms with Crippen LogP contribution < -0.4 is 10.5 Å². The molecule has 0 amide bonds. The molecule has 0 spiro atoms. The zero-order valence-corrected chi connectivity index (χ0v) is 17.6. The summed E-state index contributed by atoms with van der Waals surface area (Å²) in [6.07, 6.45) is 5.83. The van der Waals surface area contributed by atoms with Crippen LogP contribution in [0.1, 0.15) is 50.5 Å². The molecule has 4 fully saturated rings. The van der Waals surface area contributed by atoms with Gasteiger partial charge in [0.2, 0.25) is 5.88 Å². The summed E-state index contributed by atoms with van der Waals surface area (Å²) in [5, 5.41) is 19.4. The van der Waals surface area contributed by atoms with E-state index in [1.54, 1.807) is 12.1 Å². The Morgan fingerprint density at radius 1 is 1.16 bits per heavy atom. The lowest BCUT2D eigenvalue weighted by Gasteiger charge is -2.51. The van der Waals surface area contributed by atoms with Gasteiger partial charge in [0.1, 0.15) is 5.82 Å². The van der Waals surface area contributed by atoms with Crippen molar-refractivity contribution in [1.82, 2.24) is 9.97 Å². The van der Waals surface area contributed by atoms with E-state index in [0.717, 1.165) is 32.1 Å². The fraction of sp³-hybridized carbons (Fsp3) is 0.652. The van der Waals surface area contributed by atoms with E-state index in [0.29, 0.717) is 55.0 Å². The van der Waals surface area contributed by atoms with Gasteiger partial charge >= 0.3 is 0 Å². The average molecular weight is 432 g/mol. The smallest absolute Gasteiger partial charge is 0.213 e. The van der Waals surface area contributed by atoms with E-state index in [-0.39, 0.29) is 22.9 Å². The van der Waals surface area contributed by atoms with Gasteiger partial charge in [0.25, 0.3) is 0 Å². The fourth-order valence-electron chi connectivity index (χ4n) is 5.29. The first kappa shape index (κ1) is 21.0. The van der Waals surface area contributed by atoms with E-state index in [1.807, 2.05) is 0 Å². The van der Waals surface area contributed by atoms with Crippen molar-refractivity contribution < 1.29 is 24.1 Å². The summed E-state index contributed by atoms with van der Waals surface area (Å²) in [6.45, 7) is 0.926. The maximum atomic E-state index is 14.8. The second-order valence-corrected chi connectivity index (χ2v) is 9.72. The van der Waals surface area contributed by atoms with Crippen LogP contribution in [0.4, 0.5) is 4.39 Å². The van der Waals surface area contributed by atoms with Gasteiger partial charge in [-0.05, 0) is 63.4 Å². The summed E-state index contributed by atoms with van der Waals surface area (Å²) < 4.78 is 26.7. The van der Waals surface area contributed by atoms with Gasteiger partial charge in [0.15, 0.2) is 0 Å². The van der Waals surface area contributed by atoms with Crippen LogP contribution in [-0.2, 0) is 11.2 Å². The van der Waals surface area contributed by atoms with E-state index in [4.69, 9.17) is 15.2 Å². The molecule has 2 saturated heterocycles. The zero-order valence-electron chi connectivity index (χ0n) is 17.6. The molecule has 7 nitrogen and oxygen atoms in total. The molecular weight excluding hydrogens is 401 g/mol. The van der Waals surface area contributed by atoms with Crippen LogP contribution in [0, 0.1) is 11.7 Å². The lowest BCUT2D eigenvalue weighted by Crippen LogP contribution is -2.59. The largest absolute Gasteiger partial charge is 0.477 e. The van der Waals surface area contributed by atoms with Crippen molar-refractivity contribution in [3.63, 3.8) is 0 Å². The molecule has 4 N–H and O–H groups in total. The Morgan fingerprint density at radius 2 is 1.90 bits per heavy atom. The number of hydrogen-bond donors (Lipinski definition) is 3. The molecule has 168 valence electrons. The highest BCUT2D eigenvalue weighted by atomic mass is 19.1. The second kappa shape index (κ2) is 7.92. The SMILES string of the molecule is NC12CCC(CCc3c(F)cnc4ccc(OC[C@@H]5C[C@@H](O)[C@@H](O)C5)nc34)(CC1)OC2. The molecule has 2 aromatic rings. The van der Waals surface area contributed by atoms with Crippen molar-refractivity contribution in [2.75, 3.05) is 13.2 Å². The number of nitrogens with two attached hydrogens (primary N) is 1. The van der Waals surface area contributed by atoms with Crippen molar-refractivity contribution in [2.24, 2.45) is 11.7 Å². The fourth-order valence-corrected chi connectivity index (χ4v) is 5.29. The highest BCUT2D eigenvalue weighted by Crippen LogP contribution is 2.45. The quantitative estimate of drug-likeness (QED) is 0.643. The second-order valence-electron chi connectivity index (χ2n) is 9.72. The van der Waals surface area contributed by atoms with Crippen LogP contribution in [0.3, 0.4) is 0 Å². The number of aromatic nitrogens is 2. The number of nitrogens with zero attached hydrogens (tertiary/aromatic N) is 2. The third-order valence-corrected chi connectivity index (χ3v) is 7.45. The van der Waals surface area contributed by atoms with Crippen LogP contribution in [0.15, 0.2) is 18.3 Å². The Kier molecular flexibility index (Phi) is 5.37. The van der Waals surface area contributed by atoms with Gasteiger partial charge in [0, 0.05) is 17.2 Å². The predicted octanol–water partition coefficient (Wildman–Crippen LogP) is 2.25. The number of aryl methyl sites for hydroxylation is 1. The van der Waals surface area contributed by atoms with Crippen molar-refractivity contribution in [3.05, 3.63) is 29.7 Å². The molecule has 0 unspecified atom stereocenters. The Morgan fingerprint density at radius 3 is 2.58 bits per heavy atom. The van der Waals surface area contributed by atoms with Gasteiger partial charge in [0.05, 0.1) is 48.3 Å². The summed E-state index contributed by atoms with van der Waals surface area (Å²) in [5.74, 6) is 0.0983. The topological polar surface area (TPSA) is 111 Å². The molecule has 8 heteroatoms. The van der Waals surface area contributed by atoms with Crippen molar-refractivity contribution in [3.8, 4) is 5.88 Å². The van der Waals surface area contributed by atoms with E-state index in [1.165, 1.54) is 6.20 Å². The number of aliphatic hydroxyl groups is 2. The van der Waals surface area contributed by atoms with Crippen molar-refractivity contribution in [1.29, 1.82) is 0 Å². The Bertz CT molecular complexity index is 937. The van der Waals surface area contributed by atoms with Gasteiger partial charge in [-0.1, -0.05) is 0 Å². The third-order valence-electron chi connectivity index (χ3n) is 7.45. The normalized spacial score (nSPS) is 35.0. The summed E-state index contributed by atoms with van der Waals surface area (Å²) in [4.78, 5) is 8.74. The van der Waals surface area contributed by atoms with E-state index >= 15 is 0 Å². The minimum atomic E-state index is -0.700. The molecule has 4 aliphatic rings. The summed E-state index contributed by atoms with van der Waals surface area (Å²) in [7, 11) is 0. The molecule has 2 aliphatic carbocycles. The molecule has 2 aromatic heterocycles. The Hall–Kier alpha value is -1.87. The Labute approximate surface area is 180 Å². The first-order valence-corrected chi connectivity index (χ1v) is 11.2. The molecule has 3 atom stereocenters. The maximum absolute atomic E-state index is 14.8. The van der Waals surface area contributed by atoms with Crippen LogP contribution in [-0.4, -0.2) is 56.7 Å². The van der Waals surface area contributed by atoms with Crippen LogP contribution in [0.25, 0.3) is 11.0 Å².